The van der Waals surface area contributed by atoms with Crippen molar-refractivity contribution in [2.24, 2.45) is 4.99 Å². The average Bonchev–Trinajstić information content (AvgIpc) is 3.65. The maximum atomic E-state index is 13.8. The number of carbonyl (C=O) groups excluding carboxylic acids is 1. The molecule has 0 bridgehead atoms. The van der Waals surface area contributed by atoms with Crippen LogP contribution in [-0.4, -0.2) is 23.6 Å². The van der Waals surface area contributed by atoms with Gasteiger partial charge in [0.1, 0.15) is 11.8 Å². The highest BCUT2D eigenvalue weighted by molar-refractivity contribution is 9.10. The van der Waals surface area contributed by atoms with Crippen LogP contribution < -0.4 is 25.1 Å². The lowest BCUT2D eigenvalue weighted by Crippen LogP contribution is -2.40. The van der Waals surface area contributed by atoms with E-state index in [1.165, 1.54) is 29.1 Å². The Labute approximate surface area is 235 Å². The van der Waals surface area contributed by atoms with Crippen LogP contribution >= 0.6 is 38.6 Å². The SMILES string of the molecule is CC1=C(C(=O)Nc2ccccc2)[C@H](c2cccs2)n2c(s/c(=C/c3cc(Br)c(N4CCCCC4)o3)c2=O)=N1. The number of nitrogens with zero attached hydrogens (tertiary/aromatic N) is 3. The van der Waals surface area contributed by atoms with E-state index in [2.05, 4.69) is 26.1 Å². The van der Waals surface area contributed by atoms with Crippen LogP contribution in [0.15, 0.2) is 83.9 Å². The first-order valence-corrected chi connectivity index (χ1v) is 14.9. The number of rotatable bonds is 5. The summed E-state index contributed by atoms with van der Waals surface area (Å²) in [4.78, 5) is 35.8. The zero-order valence-corrected chi connectivity index (χ0v) is 23.9. The van der Waals surface area contributed by atoms with Crippen molar-refractivity contribution in [2.75, 3.05) is 23.3 Å². The molecule has 0 unspecified atom stereocenters. The van der Waals surface area contributed by atoms with Crippen LogP contribution in [0.2, 0.25) is 0 Å². The summed E-state index contributed by atoms with van der Waals surface area (Å²) in [5.41, 5.74) is 1.55. The number of nitrogens with one attached hydrogen (secondary N) is 1. The number of anilines is 2. The number of halogens is 1. The predicted octanol–water partition coefficient (Wildman–Crippen LogP) is 5.28. The highest BCUT2D eigenvalue weighted by Crippen LogP contribution is 2.34. The molecular formula is C28H25BrN4O3S2. The van der Waals surface area contributed by atoms with Gasteiger partial charge in [0.15, 0.2) is 4.80 Å². The van der Waals surface area contributed by atoms with Gasteiger partial charge in [-0.3, -0.25) is 14.2 Å². The summed E-state index contributed by atoms with van der Waals surface area (Å²) in [6, 6.07) is 14.5. The largest absolute Gasteiger partial charge is 0.440 e. The topological polar surface area (TPSA) is 79.8 Å². The Hall–Kier alpha value is -3.21. The Balaban J connectivity index is 1.42. The van der Waals surface area contributed by atoms with Crippen molar-refractivity contribution in [3.8, 4) is 0 Å². The number of furan rings is 1. The Morgan fingerprint density at radius 1 is 1.16 bits per heavy atom. The van der Waals surface area contributed by atoms with Gasteiger partial charge in [0.05, 0.1) is 20.3 Å². The second kappa shape index (κ2) is 10.5. The number of allylic oxidation sites excluding steroid dienone is 1. The van der Waals surface area contributed by atoms with Crippen molar-refractivity contribution < 1.29 is 9.21 Å². The summed E-state index contributed by atoms with van der Waals surface area (Å²) < 4.78 is 9.20. The smallest absolute Gasteiger partial charge is 0.271 e. The number of amides is 1. The first kappa shape index (κ1) is 25.1. The molecule has 5 heterocycles. The monoisotopic (exact) mass is 608 g/mol. The lowest BCUT2D eigenvalue weighted by molar-refractivity contribution is -0.113. The van der Waals surface area contributed by atoms with Crippen molar-refractivity contribution >= 4 is 62.2 Å². The molecule has 1 amide bonds. The maximum Gasteiger partial charge on any atom is 0.271 e. The van der Waals surface area contributed by atoms with Crippen LogP contribution in [0.3, 0.4) is 0 Å². The van der Waals surface area contributed by atoms with Gasteiger partial charge in [-0.15, -0.1) is 11.3 Å². The third-order valence-electron chi connectivity index (χ3n) is 6.72. The van der Waals surface area contributed by atoms with E-state index >= 15 is 0 Å². The molecule has 1 N–H and O–H groups in total. The molecule has 2 aliphatic heterocycles. The number of hydrogen-bond donors (Lipinski definition) is 1. The van der Waals surface area contributed by atoms with E-state index in [0.29, 0.717) is 32.1 Å². The fraction of sp³-hybridized carbons (Fsp3) is 0.250. The van der Waals surface area contributed by atoms with E-state index in [1.54, 1.807) is 10.6 Å². The van der Waals surface area contributed by atoms with Crippen LogP contribution in [0, 0.1) is 0 Å². The summed E-state index contributed by atoms with van der Waals surface area (Å²) in [5.74, 6) is 1.13. The summed E-state index contributed by atoms with van der Waals surface area (Å²) in [5, 5.41) is 4.93. The number of thiazole rings is 1. The van der Waals surface area contributed by atoms with Crippen molar-refractivity contribution in [1.29, 1.82) is 0 Å². The molecule has 0 spiro atoms. The third-order valence-corrected chi connectivity index (χ3v) is 9.19. The van der Waals surface area contributed by atoms with Gasteiger partial charge in [-0.05, 0) is 65.7 Å². The number of carbonyl (C=O) groups is 1. The standard InChI is InChI=1S/C28H25BrN4O3S2/c1-17-23(25(34)31-18-9-4-2-5-10-18)24(21-11-8-14-37-21)33-26(35)22(38-28(33)30-17)16-19-15-20(29)27(36-19)32-12-6-3-7-13-32/h2,4-5,8-11,14-16,24H,3,6-7,12-13H2,1H3,(H,31,34)/b22-16+/t24-/m0/s1. The Kier molecular flexibility index (Phi) is 6.94. The fourth-order valence-electron chi connectivity index (χ4n) is 4.94. The lowest BCUT2D eigenvalue weighted by atomic mass is 10.0. The minimum Gasteiger partial charge on any atom is -0.440 e. The number of para-hydroxylation sites is 1. The molecule has 0 radical (unpaired) electrons. The molecule has 1 atom stereocenters. The van der Waals surface area contributed by atoms with Gasteiger partial charge in [-0.25, -0.2) is 4.99 Å². The lowest BCUT2D eigenvalue weighted by Gasteiger charge is -2.26. The number of hydrogen-bond acceptors (Lipinski definition) is 7. The number of thiophene rings is 1. The molecule has 7 nitrogen and oxygen atoms in total. The van der Waals surface area contributed by atoms with E-state index in [0.717, 1.165) is 41.2 Å². The Morgan fingerprint density at radius 3 is 2.68 bits per heavy atom. The fourth-order valence-corrected chi connectivity index (χ4v) is 7.34. The number of fused-ring (bicyclic) bond motifs is 1. The molecule has 1 aromatic carbocycles. The van der Waals surface area contributed by atoms with Crippen LogP contribution in [-0.2, 0) is 4.79 Å². The predicted molar refractivity (Wildman–Crippen MR) is 156 cm³/mol. The van der Waals surface area contributed by atoms with Crippen LogP contribution in [0.1, 0.15) is 42.9 Å². The van der Waals surface area contributed by atoms with E-state index in [4.69, 9.17) is 9.41 Å². The van der Waals surface area contributed by atoms with Crippen molar-refractivity contribution in [1.82, 2.24) is 4.57 Å². The highest BCUT2D eigenvalue weighted by Gasteiger charge is 2.33. The van der Waals surface area contributed by atoms with E-state index in [9.17, 15) is 9.59 Å². The Bertz CT molecular complexity index is 1690. The van der Waals surface area contributed by atoms with Crippen LogP contribution in [0.4, 0.5) is 11.6 Å². The average molecular weight is 610 g/mol. The van der Waals surface area contributed by atoms with Gasteiger partial charge >= 0.3 is 0 Å². The quantitative estimate of drug-likeness (QED) is 0.334. The first-order chi connectivity index (χ1) is 18.5. The van der Waals surface area contributed by atoms with E-state index < -0.39 is 6.04 Å². The zero-order valence-electron chi connectivity index (χ0n) is 20.6. The van der Waals surface area contributed by atoms with E-state index in [-0.39, 0.29) is 11.5 Å². The van der Waals surface area contributed by atoms with Gasteiger partial charge in [-0.2, -0.15) is 0 Å². The molecule has 10 heteroatoms. The molecule has 6 rings (SSSR count). The maximum absolute atomic E-state index is 13.8. The van der Waals surface area contributed by atoms with Crippen molar-refractivity contribution in [2.45, 2.75) is 32.2 Å². The van der Waals surface area contributed by atoms with Gasteiger partial charge in [0.25, 0.3) is 11.5 Å². The third kappa shape index (κ3) is 4.72. The molecule has 4 aromatic rings. The first-order valence-electron chi connectivity index (χ1n) is 12.5. The molecule has 2 aliphatic rings. The van der Waals surface area contributed by atoms with E-state index in [1.807, 2.05) is 60.8 Å². The highest BCUT2D eigenvalue weighted by atomic mass is 79.9. The molecule has 1 fully saturated rings. The summed E-state index contributed by atoms with van der Waals surface area (Å²) in [6.07, 6.45) is 5.29. The second-order valence-electron chi connectivity index (χ2n) is 9.27. The Morgan fingerprint density at radius 2 is 1.95 bits per heavy atom. The van der Waals surface area contributed by atoms with Crippen LogP contribution in [0.5, 0.6) is 0 Å². The molecule has 0 aliphatic carbocycles. The molecular weight excluding hydrogens is 584 g/mol. The van der Waals surface area contributed by atoms with Gasteiger partial charge in [-0.1, -0.05) is 35.6 Å². The molecule has 3 aromatic heterocycles. The van der Waals surface area contributed by atoms with Crippen molar-refractivity contribution in [3.05, 3.63) is 100.0 Å². The number of aromatic nitrogens is 1. The van der Waals surface area contributed by atoms with Gasteiger partial charge in [0, 0.05) is 35.8 Å². The summed E-state index contributed by atoms with van der Waals surface area (Å²) in [6.45, 7) is 3.75. The molecule has 0 saturated carbocycles. The second-order valence-corrected chi connectivity index (χ2v) is 12.1. The number of piperidine rings is 1. The summed E-state index contributed by atoms with van der Waals surface area (Å²) >= 11 is 6.45. The number of benzene rings is 1. The molecule has 1 saturated heterocycles. The summed E-state index contributed by atoms with van der Waals surface area (Å²) in [7, 11) is 0. The van der Waals surface area contributed by atoms with Gasteiger partial charge in [0.2, 0.25) is 5.88 Å². The zero-order chi connectivity index (χ0) is 26.2. The van der Waals surface area contributed by atoms with Crippen molar-refractivity contribution in [3.63, 3.8) is 0 Å². The molecule has 194 valence electrons. The minimum atomic E-state index is -0.565. The van der Waals surface area contributed by atoms with Crippen LogP contribution in [0.25, 0.3) is 6.08 Å². The van der Waals surface area contributed by atoms with Gasteiger partial charge < -0.3 is 14.6 Å². The minimum absolute atomic E-state index is 0.197. The molecule has 38 heavy (non-hydrogen) atoms. The normalized spacial score (nSPS) is 17.9.